The fourth-order valence-corrected chi connectivity index (χ4v) is 1.12. The second-order valence-electron chi connectivity index (χ2n) is 2.91. The molecule has 1 N–H and O–H groups in total. The van der Waals surface area contributed by atoms with Gasteiger partial charge in [0.05, 0.1) is 0 Å². The lowest BCUT2D eigenvalue weighted by Crippen LogP contribution is -1.86. The van der Waals surface area contributed by atoms with Crippen molar-refractivity contribution in [1.82, 2.24) is 0 Å². The van der Waals surface area contributed by atoms with Crippen molar-refractivity contribution in [3.63, 3.8) is 0 Å². The molecular formula is C10H14O. The Balaban J connectivity index is 3.21. The molecule has 0 aliphatic rings. The Kier molecular flexibility index (Phi) is 2.18. The maximum Gasteiger partial charge on any atom is 0.119 e. The predicted octanol–water partition coefficient (Wildman–Crippen LogP) is 2.57. The Morgan fingerprint density at radius 1 is 1.27 bits per heavy atom. The van der Waals surface area contributed by atoms with Gasteiger partial charge in [-0.2, -0.15) is 0 Å². The van der Waals surface area contributed by atoms with Gasteiger partial charge in [0, 0.05) is 0 Å². The molecule has 0 heterocycles. The molecule has 60 valence electrons. The van der Waals surface area contributed by atoms with Crippen LogP contribution in [0.25, 0.3) is 0 Å². The lowest BCUT2D eigenvalue weighted by molar-refractivity contribution is 0.470. The quantitative estimate of drug-likeness (QED) is 0.652. The van der Waals surface area contributed by atoms with E-state index in [1.165, 1.54) is 11.1 Å². The molecule has 0 fully saturated rings. The molecule has 0 spiro atoms. The summed E-state index contributed by atoms with van der Waals surface area (Å²) in [5, 5.41) is 9.41. The number of benzene rings is 1. The molecule has 1 aromatic rings. The summed E-state index contributed by atoms with van der Waals surface area (Å²) in [6.07, 6.45) is 0.981. The average Bonchev–Trinajstić information content (AvgIpc) is 1.99. The van der Waals surface area contributed by atoms with E-state index in [-0.39, 0.29) is 0 Å². The molecule has 0 bridgehead atoms. The van der Waals surface area contributed by atoms with Crippen LogP contribution in [0.2, 0.25) is 0 Å². The van der Waals surface area contributed by atoms with E-state index in [0.717, 1.165) is 12.0 Å². The minimum atomic E-state index is 0.418. The SMILES string of the molecule is CCc1cc(C)c(C)c(O)c1. The molecule has 0 aliphatic carbocycles. The predicted molar refractivity (Wildman–Crippen MR) is 47.0 cm³/mol. The first-order valence-corrected chi connectivity index (χ1v) is 3.94. The maximum absolute atomic E-state index is 9.41. The van der Waals surface area contributed by atoms with Crippen molar-refractivity contribution in [1.29, 1.82) is 0 Å². The summed E-state index contributed by atoms with van der Waals surface area (Å²) in [6.45, 7) is 6.04. The summed E-state index contributed by atoms with van der Waals surface area (Å²) in [4.78, 5) is 0. The number of rotatable bonds is 1. The van der Waals surface area contributed by atoms with Crippen LogP contribution in [0.1, 0.15) is 23.6 Å². The third kappa shape index (κ3) is 1.53. The highest BCUT2D eigenvalue weighted by Crippen LogP contribution is 2.21. The first-order chi connectivity index (χ1) is 5.15. The van der Waals surface area contributed by atoms with Crippen molar-refractivity contribution in [2.24, 2.45) is 0 Å². The highest BCUT2D eigenvalue weighted by Gasteiger charge is 2.00. The summed E-state index contributed by atoms with van der Waals surface area (Å²) < 4.78 is 0. The number of aromatic hydroxyl groups is 1. The fourth-order valence-electron chi connectivity index (χ4n) is 1.12. The molecule has 11 heavy (non-hydrogen) atoms. The van der Waals surface area contributed by atoms with E-state index >= 15 is 0 Å². The van der Waals surface area contributed by atoms with Crippen LogP contribution in [0.15, 0.2) is 12.1 Å². The van der Waals surface area contributed by atoms with Gasteiger partial charge in [-0.15, -0.1) is 0 Å². The van der Waals surface area contributed by atoms with Gasteiger partial charge in [0.25, 0.3) is 0 Å². The Labute approximate surface area is 67.7 Å². The van der Waals surface area contributed by atoms with Crippen molar-refractivity contribution in [3.8, 4) is 5.75 Å². The topological polar surface area (TPSA) is 20.2 Å². The molecular weight excluding hydrogens is 136 g/mol. The zero-order valence-corrected chi connectivity index (χ0v) is 7.31. The number of phenolic OH excluding ortho intramolecular Hbond substituents is 1. The Morgan fingerprint density at radius 2 is 1.91 bits per heavy atom. The van der Waals surface area contributed by atoms with E-state index in [2.05, 4.69) is 13.0 Å². The number of aryl methyl sites for hydroxylation is 2. The van der Waals surface area contributed by atoms with E-state index < -0.39 is 0 Å². The van der Waals surface area contributed by atoms with Gasteiger partial charge in [0.2, 0.25) is 0 Å². The van der Waals surface area contributed by atoms with Gasteiger partial charge in [0.15, 0.2) is 0 Å². The number of phenols is 1. The molecule has 1 nitrogen and oxygen atoms in total. The summed E-state index contributed by atoms with van der Waals surface area (Å²) in [6, 6.07) is 3.96. The van der Waals surface area contributed by atoms with E-state index in [1.54, 1.807) is 0 Å². The van der Waals surface area contributed by atoms with Gasteiger partial charge in [-0.25, -0.2) is 0 Å². The lowest BCUT2D eigenvalue weighted by Gasteiger charge is -2.05. The molecule has 0 saturated heterocycles. The van der Waals surface area contributed by atoms with Gasteiger partial charge in [-0.1, -0.05) is 13.0 Å². The highest BCUT2D eigenvalue weighted by atomic mass is 16.3. The van der Waals surface area contributed by atoms with Crippen LogP contribution in [0.3, 0.4) is 0 Å². The third-order valence-electron chi connectivity index (χ3n) is 2.11. The molecule has 1 heteroatoms. The molecule has 1 rings (SSSR count). The van der Waals surface area contributed by atoms with Crippen LogP contribution in [-0.4, -0.2) is 5.11 Å². The second-order valence-corrected chi connectivity index (χ2v) is 2.91. The standard InChI is InChI=1S/C10H14O/c1-4-9-5-7(2)8(3)10(11)6-9/h5-6,11H,4H2,1-3H3. The smallest absolute Gasteiger partial charge is 0.119 e. The zero-order valence-electron chi connectivity index (χ0n) is 7.31. The van der Waals surface area contributed by atoms with Gasteiger partial charge in [-0.05, 0) is 43.0 Å². The Bertz CT molecular complexity index is 241. The van der Waals surface area contributed by atoms with E-state index in [9.17, 15) is 5.11 Å². The van der Waals surface area contributed by atoms with Crippen LogP contribution < -0.4 is 0 Å². The van der Waals surface area contributed by atoms with Crippen LogP contribution in [0, 0.1) is 13.8 Å². The molecule has 0 radical (unpaired) electrons. The molecule has 0 amide bonds. The normalized spacial score (nSPS) is 10.1. The summed E-state index contributed by atoms with van der Waals surface area (Å²) >= 11 is 0. The minimum Gasteiger partial charge on any atom is -0.508 e. The third-order valence-corrected chi connectivity index (χ3v) is 2.11. The van der Waals surface area contributed by atoms with Gasteiger partial charge in [0.1, 0.15) is 5.75 Å². The van der Waals surface area contributed by atoms with Crippen molar-refractivity contribution in [2.75, 3.05) is 0 Å². The molecule has 0 atom stereocenters. The monoisotopic (exact) mass is 150 g/mol. The maximum atomic E-state index is 9.41. The second kappa shape index (κ2) is 2.95. The van der Waals surface area contributed by atoms with Crippen molar-refractivity contribution >= 4 is 0 Å². The van der Waals surface area contributed by atoms with Crippen LogP contribution in [0.4, 0.5) is 0 Å². The minimum absolute atomic E-state index is 0.418. The largest absolute Gasteiger partial charge is 0.508 e. The van der Waals surface area contributed by atoms with E-state index in [0.29, 0.717) is 5.75 Å². The molecule has 1 aromatic carbocycles. The molecule has 0 aliphatic heterocycles. The van der Waals surface area contributed by atoms with Crippen molar-refractivity contribution in [3.05, 3.63) is 28.8 Å². The van der Waals surface area contributed by atoms with Crippen LogP contribution >= 0.6 is 0 Å². The van der Waals surface area contributed by atoms with Crippen LogP contribution in [-0.2, 0) is 6.42 Å². The van der Waals surface area contributed by atoms with E-state index in [1.807, 2.05) is 19.9 Å². The van der Waals surface area contributed by atoms with Gasteiger partial charge in [-0.3, -0.25) is 0 Å². The summed E-state index contributed by atoms with van der Waals surface area (Å²) in [5.41, 5.74) is 3.36. The van der Waals surface area contributed by atoms with Gasteiger partial charge >= 0.3 is 0 Å². The first-order valence-electron chi connectivity index (χ1n) is 3.94. The van der Waals surface area contributed by atoms with Crippen molar-refractivity contribution in [2.45, 2.75) is 27.2 Å². The summed E-state index contributed by atoms with van der Waals surface area (Å²) in [5.74, 6) is 0.418. The average molecular weight is 150 g/mol. The first kappa shape index (κ1) is 8.12. The molecule has 0 aromatic heterocycles. The fraction of sp³-hybridized carbons (Fsp3) is 0.400. The number of hydrogen-bond donors (Lipinski definition) is 1. The number of hydrogen-bond acceptors (Lipinski definition) is 1. The molecule has 0 unspecified atom stereocenters. The highest BCUT2D eigenvalue weighted by molar-refractivity contribution is 5.41. The van der Waals surface area contributed by atoms with Crippen LogP contribution in [0.5, 0.6) is 5.75 Å². The Morgan fingerprint density at radius 3 is 2.36 bits per heavy atom. The zero-order chi connectivity index (χ0) is 8.43. The molecule has 0 saturated carbocycles. The Hall–Kier alpha value is -0.980. The van der Waals surface area contributed by atoms with Crippen molar-refractivity contribution < 1.29 is 5.11 Å². The van der Waals surface area contributed by atoms with E-state index in [4.69, 9.17) is 0 Å². The summed E-state index contributed by atoms with van der Waals surface area (Å²) in [7, 11) is 0. The lowest BCUT2D eigenvalue weighted by atomic mass is 10.0. The van der Waals surface area contributed by atoms with Gasteiger partial charge < -0.3 is 5.11 Å².